The second-order valence-corrected chi connectivity index (χ2v) is 4.22. The van der Waals surface area contributed by atoms with Gasteiger partial charge in [0.25, 0.3) is 0 Å². The summed E-state index contributed by atoms with van der Waals surface area (Å²) in [4.78, 5) is 6.49. The highest BCUT2D eigenvalue weighted by molar-refractivity contribution is 5.50. The van der Waals surface area contributed by atoms with Gasteiger partial charge in [-0.15, -0.1) is 0 Å². The molecule has 0 bridgehead atoms. The molecular formula is C14H18N4O. The summed E-state index contributed by atoms with van der Waals surface area (Å²) >= 11 is 0. The van der Waals surface area contributed by atoms with Crippen LogP contribution in [0.15, 0.2) is 42.5 Å². The van der Waals surface area contributed by atoms with Gasteiger partial charge in [-0.1, -0.05) is 12.1 Å². The van der Waals surface area contributed by atoms with Crippen molar-refractivity contribution in [2.45, 2.75) is 6.54 Å². The number of pyridine rings is 1. The van der Waals surface area contributed by atoms with E-state index >= 15 is 0 Å². The van der Waals surface area contributed by atoms with E-state index in [0.717, 1.165) is 17.1 Å². The predicted molar refractivity (Wildman–Crippen MR) is 77.1 cm³/mol. The van der Waals surface area contributed by atoms with Crippen LogP contribution in [0.5, 0.6) is 5.75 Å². The summed E-state index contributed by atoms with van der Waals surface area (Å²) < 4.78 is 5.22. The maximum atomic E-state index is 5.36. The highest BCUT2D eigenvalue weighted by Crippen LogP contribution is 2.21. The number of nitrogen functional groups attached to an aromatic ring is 1. The summed E-state index contributed by atoms with van der Waals surface area (Å²) in [7, 11) is 3.68. The van der Waals surface area contributed by atoms with Gasteiger partial charge in [-0.3, -0.25) is 0 Å². The summed E-state index contributed by atoms with van der Waals surface area (Å²) in [6, 6.07) is 13.6. The third-order valence-corrected chi connectivity index (χ3v) is 2.85. The largest absolute Gasteiger partial charge is 0.497 e. The van der Waals surface area contributed by atoms with Crippen LogP contribution in [0, 0.1) is 0 Å². The smallest absolute Gasteiger partial charge is 0.140 e. The van der Waals surface area contributed by atoms with Gasteiger partial charge in [0.2, 0.25) is 0 Å². The number of hydrogen-bond donors (Lipinski definition) is 2. The van der Waals surface area contributed by atoms with Crippen molar-refractivity contribution in [3.05, 3.63) is 48.2 Å². The molecule has 0 atom stereocenters. The first kappa shape index (κ1) is 13.2. The molecule has 0 spiro atoms. The summed E-state index contributed by atoms with van der Waals surface area (Å²) in [6.07, 6.45) is 0. The number of nitrogens with one attached hydrogen (secondary N) is 1. The molecule has 3 N–H and O–H groups in total. The van der Waals surface area contributed by atoms with Gasteiger partial charge in [0.1, 0.15) is 11.6 Å². The molecule has 0 aliphatic carbocycles. The van der Waals surface area contributed by atoms with E-state index in [1.54, 1.807) is 7.11 Å². The zero-order valence-corrected chi connectivity index (χ0v) is 11.1. The van der Waals surface area contributed by atoms with Gasteiger partial charge in [0, 0.05) is 18.8 Å². The van der Waals surface area contributed by atoms with E-state index in [4.69, 9.17) is 10.6 Å². The zero-order chi connectivity index (χ0) is 13.7. The Morgan fingerprint density at radius 3 is 2.79 bits per heavy atom. The van der Waals surface area contributed by atoms with Crippen LogP contribution in [0.25, 0.3) is 0 Å². The number of methoxy groups -OCH3 is 1. The van der Waals surface area contributed by atoms with Gasteiger partial charge in [-0.05, 0) is 24.3 Å². The lowest BCUT2D eigenvalue weighted by Crippen LogP contribution is -2.18. The number of benzene rings is 1. The van der Waals surface area contributed by atoms with Gasteiger partial charge in [-0.25, -0.2) is 10.8 Å². The van der Waals surface area contributed by atoms with Gasteiger partial charge in [-0.2, -0.15) is 0 Å². The number of ether oxygens (including phenoxy) is 1. The first-order chi connectivity index (χ1) is 9.22. The van der Waals surface area contributed by atoms with E-state index < -0.39 is 0 Å². The van der Waals surface area contributed by atoms with E-state index in [-0.39, 0.29) is 0 Å². The van der Waals surface area contributed by atoms with Crippen molar-refractivity contribution in [2.24, 2.45) is 5.84 Å². The lowest BCUT2D eigenvalue weighted by molar-refractivity contribution is 0.415. The van der Waals surface area contributed by atoms with E-state index in [9.17, 15) is 0 Å². The van der Waals surface area contributed by atoms with Crippen LogP contribution < -0.4 is 20.9 Å². The average molecular weight is 258 g/mol. The minimum absolute atomic E-state index is 0.663. The number of rotatable bonds is 5. The minimum atomic E-state index is 0.663. The standard InChI is InChI=1S/C14H18N4O/c1-18(12-6-4-7-13(9-12)19-2)10-11-5-3-8-14(16-11)17-15/h3-9H,10,15H2,1-2H3,(H,16,17). The molecule has 0 saturated heterocycles. The van der Waals surface area contributed by atoms with E-state index in [1.165, 1.54) is 0 Å². The summed E-state index contributed by atoms with van der Waals surface area (Å²) in [5, 5.41) is 0. The van der Waals surface area contributed by atoms with Crippen molar-refractivity contribution in [1.82, 2.24) is 4.98 Å². The highest BCUT2D eigenvalue weighted by Gasteiger charge is 2.05. The number of hydrogen-bond acceptors (Lipinski definition) is 5. The van der Waals surface area contributed by atoms with Crippen LogP contribution in [-0.2, 0) is 6.54 Å². The topological polar surface area (TPSA) is 63.4 Å². The average Bonchev–Trinajstić information content (AvgIpc) is 2.47. The molecule has 0 radical (unpaired) electrons. The van der Waals surface area contributed by atoms with E-state index in [2.05, 4.69) is 15.3 Å². The van der Waals surface area contributed by atoms with Crippen molar-refractivity contribution in [3.8, 4) is 5.75 Å². The molecule has 2 aromatic rings. The predicted octanol–water partition coefficient (Wildman–Crippen LogP) is 2.01. The molecule has 0 aliphatic rings. The van der Waals surface area contributed by atoms with Crippen molar-refractivity contribution in [3.63, 3.8) is 0 Å². The Balaban J connectivity index is 2.13. The molecule has 1 aromatic heterocycles. The van der Waals surface area contributed by atoms with Gasteiger partial charge >= 0.3 is 0 Å². The molecule has 100 valence electrons. The molecule has 0 fully saturated rings. The maximum absolute atomic E-state index is 5.36. The minimum Gasteiger partial charge on any atom is -0.497 e. The van der Waals surface area contributed by atoms with Crippen molar-refractivity contribution in [2.75, 3.05) is 24.5 Å². The Bertz CT molecular complexity index is 544. The van der Waals surface area contributed by atoms with Crippen LogP contribution in [0.3, 0.4) is 0 Å². The molecule has 19 heavy (non-hydrogen) atoms. The molecule has 0 saturated carbocycles. The lowest BCUT2D eigenvalue weighted by atomic mass is 10.2. The van der Waals surface area contributed by atoms with Gasteiger partial charge < -0.3 is 15.1 Å². The summed E-state index contributed by atoms with van der Waals surface area (Å²) in [5.41, 5.74) is 4.57. The normalized spacial score (nSPS) is 10.1. The zero-order valence-electron chi connectivity index (χ0n) is 11.1. The Hall–Kier alpha value is -2.27. The van der Waals surface area contributed by atoms with Crippen molar-refractivity contribution >= 4 is 11.5 Å². The highest BCUT2D eigenvalue weighted by atomic mass is 16.5. The molecule has 5 heteroatoms. The van der Waals surface area contributed by atoms with Crippen LogP contribution >= 0.6 is 0 Å². The fraction of sp³-hybridized carbons (Fsp3) is 0.214. The molecule has 0 aliphatic heterocycles. The monoisotopic (exact) mass is 258 g/mol. The Kier molecular flexibility index (Phi) is 4.20. The molecule has 1 aromatic carbocycles. The Morgan fingerprint density at radius 1 is 1.26 bits per heavy atom. The number of nitrogens with zero attached hydrogens (tertiary/aromatic N) is 2. The van der Waals surface area contributed by atoms with Gasteiger partial charge in [0.05, 0.1) is 19.3 Å². The Labute approximate surface area is 113 Å². The summed E-state index contributed by atoms with van der Waals surface area (Å²) in [5.74, 6) is 6.86. The fourth-order valence-corrected chi connectivity index (χ4v) is 1.83. The quantitative estimate of drug-likeness (QED) is 0.634. The number of nitrogens with two attached hydrogens (primary N) is 1. The molecule has 0 unspecified atom stereocenters. The van der Waals surface area contributed by atoms with Crippen LogP contribution in [0.4, 0.5) is 11.5 Å². The van der Waals surface area contributed by atoms with Crippen LogP contribution in [-0.4, -0.2) is 19.1 Å². The molecule has 1 heterocycles. The summed E-state index contributed by atoms with van der Waals surface area (Å²) in [6.45, 7) is 0.697. The third kappa shape index (κ3) is 3.35. The van der Waals surface area contributed by atoms with Crippen LogP contribution in [0.1, 0.15) is 5.69 Å². The number of hydrazine groups is 1. The number of aromatic nitrogens is 1. The SMILES string of the molecule is COc1cccc(N(C)Cc2cccc(NN)n2)c1. The second kappa shape index (κ2) is 6.06. The maximum Gasteiger partial charge on any atom is 0.140 e. The Morgan fingerprint density at radius 2 is 2.05 bits per heavy atom. The van der Waals surface area contributed by atoms with Crippen molar-refractivity contribution in [1.29, 1.82) is 0 Å². The first-order valence-electron chi connectivity index (χ1n) is 6.00. The van der Waals surface area contributed by atoms with Gasteiger partial charge in [0.15, 0.2) is 0 Å². The lowest BCUT2D eigenvalue weighted by Gasteiger charge is -2.19. The fourth-order valence-electron chi connectivity index (χ4n) is 1.83. The molecular weight excluding hydrogens is 240 g/mol. The van der Waals surface area contributed by atoms with Crippen molar-refractivity contribution < 1.29 is 4.74 Å². The first-order valence-corrected chi connectivity index (χ1v) is 6.00. The van der Waals surface area contributed by atoms with Crippen LogP contribution in [0.2, 0.25) is 0 Å². The van der Waals surface area contributed by atoms with E-state index in [0.29, 0.717) is 12.4 Å². The second-order valence-electron chi connectivity index (χ2n) is 4.22. The third-order valence-electron chi connectivity index (χ3n) is 2.85. The number of anilines is 2. The molecule has 5 nitrogen and oxygen atoms in total. The van der Waals surface area contributed by atoms with E-state index in [1.807, 2.05) is 49.5 Å². The molecule has 2 rings (SSSR count). The molecule has 0 amide bonds.